The van der Waals surface area contributed by atoms with Crippen LogP contribution in [-0.2, 0) is 14.2 Å². The number of hydrogen-bond acceptors (Lipinski definition) is 4. The highest BCUT2D eigenvalue weighted by Crippen LogP contribution is 2.53. The lowest BCUT2D eigenvalue weighted by molar-refractivity contribution is -0.237. The van der Waals surface area contributed by atoms with Crippen LogP contribution >= 0.6 is 0 Å². The lowest BCUT2D eigenvalue weighted by Crippen LogP contribution is -2.50. The van der Waals surface area contributed by atoms with Gasteiger partial charge in [-0.15, -0.1) is 0 Å². The van der Waals surface area contributed by atoms with E-state index >= 15 is 0 Å². The lowest BCUT2D eigenvalue weighted by atomic mass is 9.97. The van der Waals surface area contributed by atoms with Crippen LogP contribution in [0.2, 0.25) is 0 Å². The summed E-state index contributed by atoms with van der Waals surface area (Å²) in [5.41, 5.74) is 0.845. The molecule has 4 heteroatoms. The molecule has 1 aromatic rings. The van der Waals surface area contributed by atoms with Crippen LogP contribution in [-0.4, -0.2) is 37.6 Å². The van der Waals surface area contributed by atoms with Gasteiger partial charge in [-0.2, -0.15) is 0 Å². The van der Waals surface area contributed by atoms with Gasteiger partial charge in [-0.1, -0.05) is 12.1 Å². The van der Waals surface area contributed by atoms with Crippen molar-refractivity contribution >= 4 is 0 Å². The fraction of sp³-hybridized carbons (Fsp3) is 0.600. The first kappa shape index (κ1) is 11.7. The Morgan fingerprint density at radius 1 is 1.26 bits per heavy atom. The lowest BCUT2D eigenvalue weighted by Gasteiger charge is -2.41. The van der Waals surface area contributed by atoms with Crippen LogP contribution < -0.4 is 4.74 Å². The second-order valence-corrected chi connectivity index (χ2v) is 5.72. The molecule has 0 amide bonds. The van der Waals surface area contributed by atoms with Crippen molar-refractivity contribution in [2.24, 2.45) is 0 Å². The zero-order valence-corrected chi connectivity index (χ0v) is 11.2. The van der Waals surface area contributed by atoms with E-state index in [4.69, 9.17) is 18.9 Å². The van der Waals surface area contributed by atoms with E-state index < -0.39 is 0 Å². The highest BCUT2D eigenvalue weighted by molar-refractivity contribution is 5.29. The summed E-state index contributed by atoms with van der Waals surface area (Å²) in [5, 5.41) is 0. The number of hydrogen-bond donors (Lipinski definition) is 0. The average Bonchev–Trinajstić information content (AvgIpc) is 3.16. The second kappa shape index (κ2) is 3.95. The summed E-state index contributed by atoms with van der Waals surface area (Å²) < 4.78 is 23.1. The molecule has 2 heterocycles. The van der Waals surface area contributed by atoms with E-state index in [-0.39, 0.29) is 23.9 Å². The van der Waals surface area contributed by atoms with Gasteiger partial charge >= 0.3 is 0 Å². The molecule has 1 aliphatic carbocycles. The summed E-state index contributed by atoms with van der Waals surface area (Å²) in [6.45, 7) is 2.73. The molecule has 19 heavy (non-hydrogen) atoms. The molecule has 5 atom stereocenters. The van der Waals surface area contributed by atoms with E-state index in [0.717, 1.165) is 17.7 Å². The molecule has 4 rings (SSSR count). The van der Waals surface area contributed by atoms with Crippen LogP contribution in [0.3, 0.4) is 0 Å². The Labute approximate surface area is 112 Å². The third-order valence-electron chi connectivity index (χ3n) is 4.57. The Morgan fingerprint density at radius 2 is 2.05 bits per heavy atom. The van der Waals surface area contributed by atoms with Gasteiger partial charge in [0.25, 0.3) is 0 Å². The largest absolute Gasteiger partial charge is 0.497 e. The smallest absolute Gasteiger partial charge is 0.121 e. The normalized spacial score (nSPS) is 43.5. The third kappa shape index (κ3) is 1.71. The van der Waals surface area contributed by atoms with Crippen LogP contribution in [0.1, 0.15) is 25.0 Å². The van der Waals surface area contributed by atoms with Gasteiger partial charge in [0.1, 0.15) is 23.6 Å². The molecule has 0 aromatic heterocycles. The van der Waals surface area contributed by atoms with Gasteiger partial charge in [-0.05, 0) is 24.6 Å². The molecule has 2 saturated heterocycles. The first-order valence-corrected chi connectivity index (χ1v) is 6.79. The standard InChI is InChI=1S/C15H18O4/c1-15-13(7-11-14(15)18-11)17-8-12(19-15)9-3-5-10(16-2)6-4-9/h3-6,11-14H,7-8H2,1-2H3/t11-,12?,13+,14-,15+/m0/s1. The second-order valence-electron chi connectivity index (χ2n) is 5.72. The van der Waals surface area contributed by atoms with Crippen molar-refractivity contribution in [3.05, 3.63) is 29.8 Å². The number of fused-ring (bicyclic) bond motifs is 3. The van der Waals surface area contributed by atoms with E-state index in [1.165, 1.54) is 0 Å². The van der Waals surface area contributed by atoms with Gasteiger partial charge in [0.05, 0.1) is 25.9 Å². The minimum absolute atomic E-state index is 0.0184. The Hall–Kier alpha value is -1.10. The number of rotatable bonds is 2. The monoisotopic (exact) mass is 262 g/mol. The third-order valence-corrected chi connectivity index (χ3v) is 4.57. The Morgan fingerprint density at radius 3 is 2.79 bits per heavy atom. The topological polar surface area (TPSA) is 40.2 Å². The maximum atomic E-state index is 6.32. The van der Waals surface area contributed by atoms with Crippen LogP contribution in [0.25, 0.3) is 0 Å². The molecule has 0 N–H and O–H groups in total. The quantitative estimate of drug-likeness (QED) is 0.765. The summed E-state index contributed by atoms with van der Waals surface area (Å²) in [5.74, 6) is 0.857. The number of epoxide rings is 1. The number of benzene rings is 1. The van der Waals surface area contributed by atoms with Crippen LogP contribution in [0, 0.1) is 0 Å². The van der Waals surface area contributed by atoms with E-state index in [1.54, 1.807) is 7.11 Å². The minimum Gasteiger partial charge on any atom is -0.497 e. The van der Waals surface area contributed by atoms with Gasteiger partial charge in [-0.25, -0.2) is 0 Å². The fourth-order valence-corrected chi connectivity index (χ4v) is 3.36. The maximum Gasteiger partial charge on any atom is 0.121 e. The minimum atomic E-state index is -0.284. The highest BCUT2D eigenvalue weighted by atomic mass is 16.7. The average molecular weight is 262 g/mol. The Balaban J connectivity index is 1.56. The Kier molecular flexibility index (Phi) is 2.43. The summed E-state index contributed by atoms with van der Waals surface area (Å²) in [6.07, 6.45) is 1.71. The summed E-state index contributed by atoms with van der Waals surface area (Å²) in [7, 11) is 1.67. The van der Waals surface area contributed by atoms with Crippen molar-refractivity contribution in [2.75, 3.05) is 13.7 Å². The van der Waals surface area contributed by atoms with Gasteiger partial charge in [-0.3, -0.25) is 0 Å². The predicted molar refractivity (Wildman–Crippen MR) is 68.2 cm³/mol. The zero-order valence-electron chi connectivity index (χ0n) is 11.2. The molecule has 3 fully saturated rings. The van der Waals surface area contributed by atoms with Crippen LogP contribution in [0.5, 0.6) is 5.75 Å². The summed E-state index contributed by atoms with van der Waals surface area (Å²) in [4.78, 5) is 0. The van der Waals surface area contributed by atoms with E-state index in [2.05, 4.69) is 6.92 Å². The van der Waals surface area contributed by atoms with Gasteiger partial charge in [0.15, 0.2) is 0 Å². The summed E-state index contributed by atoms with van der Waals surface area (Å²) in [6, 6.07) is 7.99. The SMILES string of the molecule is COc1ccc(C2CO[C@@H]3C[C@@H]4O[C@@H]4[C@]3(C)O2)cc1. The molecule has 102 valence electrons. The fourth-order valence-electron chi connectivity index (χ4n) is 3.36. The van der Waals surface area contributed by atoms with Gasteiger partial charge < -0.3 is 18.9 Å². The first-order chi connectivity index (χ1) is 9.20. The molecule has 4 nitrogen and oxygen atoms in total. The predicted octanol–water partition coefficient (Wildman–Crippen LogP) is 2.08. The van der Waals surface area contributed by atoms with Gasteiger partial charge in [0.2, 0.25) is 0 Å². The van der Waals surface area contributed by atoms with E-state index in [9.17, 15) is 0 Å². The van der Waals surface area contributed by atoms with E-state index in [1.807, 2.05) is 24.3 Å². The van der Waals surface area contributed by atoms with Gasteiger partial charge in [0, 0.05) is 6.42 Å². The van der Waals surface area contributed by atoms with Crippen molar-refractivity contribution < 1.29 is 18.9 Å². The Bertz CT molecular complexity index is 485. The summed E-state index contributed by atoms with van der Waals surface area (Å²) >= 11 is 0. The van der Waals surface area contributed by atoms with Crippen molar-refractivity contribution in [3.63, 3.8) is 0 Å². The van der Waals surface area contributed by atoms with Crippen LogP contribution in [0.4, 0.5) is 0 Å². The van der Waals surface area contributed by atoms with Crippen molar-refractivity contribution in [3.8, 4) is 5.75 Å². The maximum absolute atomic E-state index is 6.32. The molecular formula is C15H18O4. The van der Waals surface area contributed by atoms with Crippen LogP contribution in [0.15, 0.2) is 24.3 Å². The molecule has 2 aliphatic heterocycles. The molecule has 1 aromatic carbocycles. The molecule has 0 radical (unpaired) electrons. The number of methoxy groups -OCH3 is 1. The molecule has 1 unspecified atom stereocenters. The molecule has 3 aliphatic rings. The molecule has 0 spiro atoms. The zero-order chi connectivity index (χ0) is 13.0. The molecule has 1 saturated carbocycles. The molecular weight excluding hydrogens is 244 g/mol. The van der Waals surface area contributed by atoms with E-state index in [0.29, 0.717) is 12.7 Å². The molecule has 0 bridgehead atoms. The first-order valence-electron chi connectivity index (χ1n) is 6.79. The highest BCUT2D eigenvalue weighted by Gasteiger charge is 2.66. The number of ether oxygens (including phenoxy) is 4. The van der Waals surface area contributed by atoms with Crippen molar-refractivity contribution in [1.29, 1.82) is 0 Å². The van der Waals surface area contributed by atoms with Crippen molar-refractivity contribution in [2.45, 2.75) is 43.4 Å². The van der Waals surface area contributed by atoms with Crippen molar-refractivity contribution in [1.82, 2.24) is 0 Å².